The molecule has 0 saturated heterocycles. The monoisotopic (exact) mass is 290 g/mol. The Balaban J connectivity index is 2.37. The molecule has 1 saturated carbocycles. The fourth-order valence-corrected chi connectivity index (χ4v) is 2.91. The zero-order valence-electron chi connectivity index (χ0n) is 12.7. The number of aromatic nitrogens is 2. The Morgan fingerprint density at radius 3 is 2.19 bits per heavy atom. The normalized spacial score (nSPS) is 16.8. The van der Waals surface area contributed by atoms with Gasteiger partial charge >= 0.3 is 5.69 Å². The van der Waals surface area contributed by atoms with Crippen LogP contribution in [0.5, 0.6) is 0 Å². The highest BCUT2D eigenvalue weighted by Gasteiger charge is 2.19. The molecule has 0 aromatic carbocycles. The maximum absolute atomic E-state index is 12.0. The molecule has 0 unspecified atom stereocenters. The largest absolute Gasteiger partial charge is 0.367 e. The number of anilines is 1. The van der Waals surface area contributed by atoms with Crippen LogP contribution >= 0.6 is 0 Å². The van der Waals surface area contributed by atoms with Gasteiger partial charge in [0.2, 0.25) is 0 Å². The van der Waals surface area contributed by atoms with Crippen molar-refractivity contribution in [3.63, 3.8) is 0 Å². The van der Waals surface area contributed by atoms with Crippen molar-refractivity contribution in [3.05, 3.63) is 26.4 Å². The molecule has 114 valence electrons. The van der Waals surface area contributed by atoms with Gasteiger partial charge in [-0.1, -0.05) is 32.1 Å². The smallest absolute Gasteiger partial charge is 0.332 e. The minimum absolute atomic E-state index is 0.0154. The lowest BCUT2D eigenvalue weighted by molar-refractivity contribution is 0.468. The van der Waals surface area contributed by atoms with E-state index in [-0.39, 0.29) is 11.6 Å². The summed E-state index contributed by atoms with van der Waals surface area (Å²) in [7, 11) is 2.99. The summed E-state index contributed by atoms with van der Waals surface area (Å²) in [4.78, 5) is 24.1. The Morgan fingerprint density at radius 2 is 1.62 bits per heavy atom. The summed E-state index contributed by atoms with van der Waals surface area (Å²) in [5, 5.41) is 12.5. The van der Waals surface area contributed by atoms with E-state index in [0.717, 1.165) is 30.3 Å². The third-order valence-electron chi connectivity index (χ3n) is 4.22. The molecular formula is C15H22N4O2. The fraction of sp³-hybridized carbons (Fsp3) is 0.667. The van der Waals surface area contributed by atoms with Crippen molar-refractivity contribution in [1.82, 2.24) is 9.13 Å². The van der Waals surface area contributed by atoms with Crippen LogP contribution in [0.15, 0.2) is 9.59 Å². The molecule has 21 heavy (non-hydrogen) atoms. The molecular weight excluding hydrogens is 268 g/mol. The predicted octanol–water partition coefficient (Wildman–Crippen LogP) is 1.48. The molecule has 6 nitrogen and oxygen atoms in total. The van der Waals surface area contributed by atoms with Gasteiger partial charge in [0.25, 0.3) is 5.56 Å². The quantitative estimate of drug-likeness (QED) is 0.894. The first-order valence-corrected chi connectivity index (χ1v) is 7.53. The second kappa shape index (κ2) is 6.61. The van der Waals surface area contributed by atoms with Crippen LogP contribution in [0.25, 0.3) is 0 Å². The van der Waals surface area contributed by atoms with E-state index in [9.17, 15) is 14.9 Å². The number of hydrogen-bond donors (Lipinski definition) is 1. The van der Waals surface area contributed by atoms with Gasteiger partial charge in [-0.25, -0.2) is 4.79 Å². The Kier molecular flexibility index (Phi) is 4.84. The molecule has 1 heterocycles. The Bertz CT molecular complexity index is 658. The van der Waals surface area contributed by atoms with Crippen molar-refractivity contribution >= 4 is 5.82 Å². The zero-order valence-corrected chi connectivity index (χ0v) is 12.7. The van der Waals surface area contributed by atoms with E-state index in [1.807, 2.05) is 6.07 Å². The molecule has 6 heteroatoms. The van der Waals surface area contributed by atoms with E-state index < -0.39 is 11.2 Å². The SMILES string of the molecule is Cn1c(NC2CCCCCCC2)c(C#N)c(=O)n(C)c1=O. The van der Waals surface area contributed by atoms with Crippen molar-refractivity contribution in [2.45, 2.75) is 51.0 Å². The summed E-state index contributed by atoms with van der Waals surface area (Å²) in [6.07, 6.45) is 8.01. The summed E-state index contributed by atoms with van der Waals surface area (Å²) >= 11 is 0. The van der Waals surface area contributed by atoms with E-state index >= 15 is 0 Å². The first-order valence-electron chi connectivity index (χ1n) is 7.53. The molecule has 1 aliphatic carbocycles. The molecule has 1 N–H and O–H groups in total. The van der Waals surface area contributed by atoms with Crippen LogP contribution in [0.4, 0.5) is 5.82 Å². The molecule has 1 aliphatic rings. The third-order valence-corrected chi connectivity index (χ3v) is 4.22. The molecule has 0 radical (unpaired) electrons. The number of hydrogen-bond acceptors (Lipinski definition) is 4. The van der Waals surface area contributed by atoms with Crippen LogP contribution in [0.3, 0.4) is 0 Å². The van der Waals surface area contributed by atoms with Crippen LogP contribution < -0.4 is 16.6 Å². The Labute approximate surface area is 124 Å². The summed E-state index contributed by atoms with van der Waals surface area (Å²) in [5.74, 6) is 0.358. The molecule has 1 aromatic heterocycles. The summed E-state index contributed by atoms with van der Waals surface area (Å²) in [5.41, 5.74) is -0.928. The van der Waals surface area contributed by atoms with Crippen molar-refractivity contribution < 1.29 is 0 Å². The van der Waals surface area contributed by atoms with Crippen molar-refractivity contribution in [2.75, 3.05) is 5.32 Å². The minimum Gasteiger partial charge on any atom is -0.367 e. The molecule has 0 atom stereocenters. The van der Waals surface area contributed by atoms with Gasteiger partial charge in [0.05, 0.1) is 0 Å². The summed E-state index contributed by atoms with van der Waals surface area (Å²) in [6, 6.07) is 2.15. The lowest BCUT2D eigenvalue weighted by atomic mass is 9.96. The van der Waals surface area contributed by atoms with Gasteiger partial charge in [-0.2, -0.15) is 5.26 Å². The van der Waals surface area contributed by atoms with Gasteiger partial charge in [0, 0.05) is 20.1 Å². The molecule has 2 rings (SSSR count). The third kappa shape index (κ3) is 3.18. The Hall–Kier alpha value is -2.03. The lowest BCUT2D eigenvalue weighted by Crippen LogP contribution is -2.41. The van der Waals surface area contributed by atoms with Gasteiger partial charge in [-0.05, 0) is 12.8 Å². The van der Waals surface area contributed by atoms with Crippen LogP contribution in [-0.4, -0.2) is 15.2 Å². The van der Waals surface area contributed by atoms with Gasteiger partial charge < -0.3 is 5.32 Å². The van der Waals surface area contributed by atoms with E-state index in [2.05, 4.69) is 5.32 Å². The highest BCUT2D eigenvalue weighted by atomic mass is 16.2. The molecule has 0 amide bonds. The van der Waals surface area contributed by atoms with Crippen LogP contribution in [0.1, 0.15) is 50.5 Å². The summed E-state index contributed by atoms with van der Waals surface area (Å²) in [6.45, 7) is 0. The number of nitriles is 1. The minimum atomic E-state index is -0.533. The predicted molar refractivity (Wildman–Crippen MR) is 81.4 cm³/mol. The second-order valence-electron chi connectivity index (χ2n) is 5.73. The van der Waals surface area contributed by atoms with E-state index in [0.29, 0.717) is 5.82 Å². The number of nitrogens with one attached hydrogen (secondary N) is 1. The van der Waals surface area contributed by atoms with E-state index in [1.165, 1.54) is 30.9 Å². The zero-order chi connectivity index (χ0) is 15.4. The average Bonchev–Trinajstić information content (AvgIpc) is 2.45. The first kappa shape index (κ1) is 15.4. The maximum Gasteiger partial charge on any atom is 0.332 e. The standard InChI is InChI=1S/C15H22N4O2/c1-18-13(12(10-16)14(20)19(2)15(18)21)17-11-8-6-4-3-5-7-9-11/h11,17H,3-9H2,1-2H3. The van der Waals surface area contributed by atoms with Gasteiger partial charge in [-0.3, -0.25) is 13.9 Å². The fourth-order valence-electron chi connectivity index (χ4n) is 2.91. The first-order chi connectivity index (χ1) is 10.1. The van der Waals surface area contributed by atoms with Crippen molar-refractivity contribution in [3.8, 4) is 6.07 Å². The highest BCUT2D eigenvalue weighted by molar-refractivity contribution is 5.51. The van der Waals surface area contributed by atoms with E-state index in [4.69, 9.17) is 0 Å². The second-order valence-corrected chi connectivity index (χ2v) is 5.73. The van der Waals surface area contributed by atoms with Crippen LogP contribution in [-0.2, 0) is 14.1 Å². The number of nitrogens with zero attached hydrogens (tertiary/aromatic N) is 3. The van der Waals surface area contributed by atoms with Crippen LogP contribution in [0, 0.1) is 11.3 Å². The topological polar surface area (TPSA) is 79.8 Å². The lowest BCUT2D eigenvalue weighted by Gasteiger charge is -2.24. The van der Waals surface area contributed by atoms with Gasteiger partial charge in [0.15, 0.2) is 5.56 Å². The molecule has 1 fully saturated rings. The van der Waals surface area contributed by atoms with Crippen LogP contribution in [0.2, 0.25) is 0 Å². The molecule has 1 aromatic rings. The van der Waals surface area contributed by atoms with E-state index in [1.54, 1.807) is 7.05 Å². The summed E-state index contributed by atoms with van der Waals surface area (Å²) < 4.78 is 2.33. The molecule has 0 spiro atoms. The molecule has 0 bridgehead atoms. The Morgan fingerprint density at radius 1 is 1.05 bits per heavy atom. The van der Waals surface area contributed by atoms with Gasteiger partial charge in [0.1, 0.15) is 11.9 Å². The van der Waals surface area contributed by atoms with Crippen molar-refractivity contribution in [2.24, 2.45) is 14.1 Å². The van der Waals surface area contributed by atoms with Crippen molar-refractivity contribution in [1.29, 1.82) is 5.26 Å². The highest BCUT2D eigenvalue weighted by Crippen LogP contribution is 2.20. The maximum atomic E-state index is 12.0. The van der Waals surface area contributed by atoms with Gasteiger partial charge in [-0.15, -0.1) is 0 Å². The molecule has 0 aliphatic heterocycles. The number of rotatable bonds is 2. The average molecular weight is 290 g/mol.